The molecule has 8 nitrogen and oxygen atoms in total. The van der Waals surface area contributed by atoms with E-state index in [1.54, 1.807) is 56.6 Å². The average molecular weight is 369 g/mol. The van der Waals surface area contributed by atoms with Crippen LogP contribution in [0.25, 0.3) is 6.08 Å². The van der Waals surface area contributed by atoms with Gasteiger partial charge in [0, 0.05) is 31.9 Å². The zero-order valence-electron chi connectivity index (χ0n) is 14.9. The van der Waals surface area contributed by atoms with Crippen LogP contribution < -0.4 is 10.1 Å². The zero-order valence-corrected chi connectivity index (χ0v) is 14.9. The van der Waals surface area contributed by atoms with E-state index >= 15 is 0 Å². The van der Waals surface area contributed by atoms with Gasteiger partial charge >= 0.3 is 0 Å². The monoisotopic (exact) mass is 369 g/mol. The number of likely N-dealkylation sites (N-methyl/N-ethyl adjacent to an activating group) is 1. The van der Waals surface area contributed by atoms with E-state index in [2.05, 4.69) is 5.32 Å². The molecule has 0 spiro atoms. The highest BCUT2D eigenvalue weighted by Gasteiger charge is 2.10. The summed E-state index contributed by atoms with van der Waals surface area (Å²) >= 11 is 0. The fraction of sp³-hybridized carbons (Fsp3) is 0.158. The van der Waals surface area contributed by atoms with E-state index in [1.165, 1.54) is 23.1 Å². The second-order valence-corrected chi connectivity index (χ2v) is 5.74. The molecule has 0 saturated heterocycles. The van der Waals surface area contributed by atoms with Crippen molar-refractivity contribution >= 4 is 29.3 Å². The van der Waals surface area contributed by atoms with Crippen molar-refractivity contribution in [2.75, 3.05) is 26.0 Å². The molecule has 0 heterocycles. The molecule has 0 saturated carbocycles. The first-order chi connectivity index (χ1) is 12.9. The summed E-state index contributed by atoms with van der Waals surface area (Å²) in [5.41, 5.74) is 0.792. The molecule has 2 aromatic rings. The molecule has 0 aliphatic heterocycles. The first-order valence-electron chi connectivity index (χ1n) is 8.02. The maximum atomic E-state index is 12.0. The van der Waals surface area contributed by atoms with Gasteiger partial charge in [-0.15, -0.1) is 0 Å². The van der Waals surface area contributed by atoms with Gasteiger partial charge in [-0.3, -0.25) is 19.7 Å². The molecule has 0 fully saturated rings. The highest BCUT2D eigenvalue weighted by molar-refractivity contribution is 6.02. The number of nitro benzene ring substituents is 1. The van der Waals surface area contributed by atoms with Crippen LogP contribution in [0.3, 0.4) is 0 Å². The molecule has 8 heteroatoms. The smallest absolute Gasteiger partial charge is 0.276 e. The van der Waals surface area contributed by atoms with E-state index in [0.717, 1.165) is 0 Å². The van der Waals surface area contributed by atoms with Crippen LogP contribution in [0.1, 0.15) is 5.56 Å². The number of rotatable bonds is 7. The highest BCUT2D eigenvalue weighted by atomic mass is 16.6. The summed E-state index contributed by atoms with van der Waals surface area (Å²) < 4.78 is 5.35. The van der Waals surface area contributed by atoms with Crippen LogP contribution in [-0.2, 0) is 9.59 Å². The quantitative estimate of drug-likeness (QED) is 0.459. The van der Waals surface area contributed by atoms with Crippen LogP contribution in [0, 0.1) is 10.1 Å². The van der Waals surface area contributed by atoms with Gasteiger partial charge < -0.3 is 15.0 Å². The van der Waals surface area contributed by atoms with Crippen LogP contribution in [0.2, 0.25) is 0 Å². The molecule has 0 unspecified atom stereocenters. The van der Waals surface area contributed by atoms with E-state index in [1.807, 2.05) is 0 Å². The van der Waals surface area contributed by atoms with Gasteiger partial charge in [0.25, 0.3) is 11.6 Å². The zero-order chi connectivity index (χ0) is 19.8. The number of anilines is 1. The number of carbonyl (C=O) groups excluding carboxylic acids is 2. The van der Waals surface area contributed by atoms with Crippen molar-refractivity contribution < 1.29 is 19.2 Å². The van der Waals surface area contributed by atoms with Gasteiger partial charge in [0.1, 0.15) is 5.75 Å². The van der Waals surface area contributed by atoms with Crippen LogP contribution in [0.5, 0.6) is 5.75 Å². The maximum Gasteiger partial charge on any atom is 0.276 e. The molecule has 2 rings (SSSR count). The van der Waals surface area contributed by atoms with Gasteiger partial charge in [0.15, 0.2) is 6.61 Å². The highest BCUT2D eigenvalue weighted by Crippen LogP contribution is 2.19. The predicted molar refractivity (Wildman–Crippen MR) is 101 cm³/mol. The Morgan fingerprint density at radius 3 is 2.44 bits per heavy atom. The number of amides is 2. The van der Waals surface area contributed by atoms with E-state index in [-0.39, 0.29) is 18.2 Å². The topological polar surface area (TPSA) is 102 Å². The van der Waals surface area contributed by atoms with E-state index in [0.29, 0.717) is 17.0 Å². The van der Waals surface area contributed by atoms with E-state index < -0.39 is 10.8 Å². The third kappa shape index (κ3) is 5.96. The number of benzene rings is 2. The third-order valence-corrected chi connectivity index (χ3v) is 3.53. The van der Waals surface area contributed by atoms with Crippen molar-refractivity contribution in [3.05, 3.63) is 70.3 Å². The summed E-state index contributed by atoms with van der Waals surface area (Å²) in [4.78, 5) is 35.4. The Balaban J connectivity index is 1.94. The SMILES string of the molecule is CN(C)C(=O)COc1ccc(NC(=O)C=Cc2ccccc2[N+](=O)[O-])cc1. The number of hydrogen-bond donors (Lipinski definition) is 1. The Bertz CT molecular complexity index is 860. The van der Waals surface area contributed by atoms with Crippen molar-refractivity contribution in [3.63, 3.8) is 0 Å². The molecule has 0 radical (unpaired) electrons. The van der Waals surface area contributed by atoms with E-state index in [9.17, 15) is 19.7 Å². The fourth-order valence-electron chi connectivity index (χ4n) is 2.05. The van der Waals surface area contributed by atoms with Crippen molar-refractivity contribution in [2.45, 2.75) is 0 Å². The Morgan fingerprint density at radius 1 is 1.15 bits per heavy atom. The van der Waals surface area contributed by atoms with Crippen molar-refractivity contribution in [1.29, 1.82) is 0 Å². The fourth-order valence-corrected chi connectivity index (χ4v) is 2.05. The Kier molecular flexibility index (Phi) is 6.65. The lowest BCUT2D eigenvalue weighted by molar-refractivity contribution is -0.385. The number of nitro groups is 1. The molecular formula is C19H19N3O5. The number of hydrogen-bond acceptors (Lipinski definition) is 5. The first-order valence-corrected chi connectivity index (χ1v) is 8.02. The minimum absolute atomic E-state index is 0.0721. The molecular weight excluding hydrogens is 350 g/mol. The molecule has 2 amide bonds. The van der Waals surface area contributed by atoms with Gasteiger partial charge in [-0.1, -0.05) is 12.1 Å². The van der Waals surface area contributed by atoms with E-state index in [4.69, 9.17) is 4.74 Å². The molecule has 27 heavy (non-hydrogen) atoms. The number of ether oxygens (including phenoxy) is 1. The normalized spacial score (nSPS) is 10.4. The lowest BCUT2D eigenvalue weighted by Gasteiger charge is -2.11. The summed E-state index contributed by atoms with van der Waals surface area (Å²) in [7, 11) is 3.28. The molecule has 0 aliphatic carbocycles. The average Bonchev–Trinajstić information content (AvgIpc) is 2.65. The van der Waals surface area contributed by atoms with Crippen molar-refractivity contribution in [3.8, 4) is 5.75 Å². The summed E-state index contributed by atoms with van der Waals surface area (Å²) in [6.07, 6.45) is 2.61. The molecule has 0 atom stereocenters. The standard InChI is InChI=1S/C19H19N3O5/c1-21(2)19(24)13-27-16-10-8-15(9-11-16)20-18(23)12-7-14-5-3-4-6-17(14)22(25)26/h3-12H,13H2,1-2H3,(H,20,23). The maximum absolute atomic E-state index is 12.0. The summed E-state index contributed by atoms with van der Waals surface area (Å²) in [6, 6.07) is 12.7. The summed E-state index contributed by atoms with van der Waals surface area (Å²) in [6.45, 7) is -0.0721. The Labute approximate surface area is 156 Å². The second kappa shape index (κ2) is 9.14. The minimum atomic E-state index is -0.503. The van der Waals surface area contributed by atoms with Crippen molar-refractivity contribution in [2.24, 2.45) is 0 Å². The number of nitrogens with one attached hydrogen (secondary N) is 1. The largest absolute Gasteiger partial charge is 0.484 e. The minimum Gasteiger partial charge on any atom is -0.484 e. The molecule has 0 aliphatic rings. The van der Waals surface area contributed by atoms with Gasteiger partial charge in [0.05, 0.1) is 10.5 Å². The summed E-state index contributed by atoms with van der Waals surface area (Å²) in [5.74, 6) is -0.0872. The second-order valence-electron chi connectivity index (χ2n) is 5.74. The van der Waals surface area contributed by atoms with Gasteiger partial charge in [-0.2, -0.15) is 0 Å². The number of carbonyl (C=O) groups is 2. The lowest BCUT2D eigenvalue weighted by atomic mass is 10.1. The van der Waals surface area contributed by atoms with Crippen LogP contribution in [-0.4, -0.2) is 42.3 Å². The molecule has 0 aromatic heterocycles. The van der Waals surface area contributed by atoms with Crippen LogP contribution in [0.4, 0.5) is 11.4 Å². The first kappa shape index (κ1) is 19.6. The number of para-hydroxylation sites is 1. The molecule has 140 valence electrons. The van der Waals surface area contributed by atoms with Crippen LogP contribution in [0.15, 0.2) is 54.6 Å². The number of nitrogens with zero attached hydrogens (tertiary/aromatic N) is 2. The molecule has 0 bridgehead atoms. The van der Waals surface area contributed by atoms with Gasteiger partial charge in [-0.05, 0) is 36.4 Å². The Morgan fingerprint density at radius 2 is 1.81 bits per heavy atom. The molecule has 2 aromatic carbocycles. The summed E-state index contributed by atoms with van der Waals surface area (Å²) in [5, 5.41) is 13.6. The van der Waals surface area contributed by atoms with Crippen LogP contribution >= 0.6 is 0 Å². The van der Waals surface area contributed by atoms with Gasteiger partial charge in [0.2, 0.25) is 5.91 Å². The lowest BCUT2D eigenvalue weighted by Crippen LogP contribution is -2.27. The predicted octanol–water partition coefficient (Wildman–Crippen LogP) is 2.71. The van der Waals surface area contributed by atoms with Crippen molar-refractivity contribution in [1.82, 2.24) is 4.90 Å². The Hall–Kier alpha value is -3.68. The molecule has 1 N–H and O–H groups in total. The van der Waals surface area contributed by atoms with Gasteiger partial charge in [-0.25, -0.2) is 0 Å². The third-order valence-electron chi connectivity index (χ3n) is 3.53.